The van der Waals surface area contributed by atoms with Crippen molar-refractivity contribution in [3.63, 3.8) is 0 Å². The molecule has 0 atom stereocenters. The standard InChI is InChI=1S/C9H10Cl3N/c1-9(2,3)5-4-6(10)13-8(12)7(5)11/h4H,1-3H3. The van der Waals surface area contributed by atoms with Crippen molar-refractivity contribution in [3.8, 4) is 0 Å². The van der Waals surface area contributed by atoms with E-state index in [-0.39, 0.29) is 10.6 Å². The summed E-state index contributed by atoms with van der Waals surface area (Å²) in [5, 5.41) is 1.12. The van der Waals surface area contributed by atoms with Gasteiger partial charge in [0.25, 0.3) is 0 Å². The van der Waals surface area contributed by atoms with Crippen LogP contribution in [0, 0.1) is 0 Å². The Morgan fingerprint density at radius 1 is 1.15 bits per heavy atom. The van der Waals surface area contributed by atoms with E-state index in [0.29, 0.717) is 10.2 Å². The smallest absolute Gasteiger partial charge is 0.149 e. The first-order valence-corrected chi connectivity index (χ1v) is 4.98. The first kappa shape index (κ1) is 11.1. The fraction of sp³-hybridized carbons (Fsp3) is 0.444. The van der Waals surface area contributed by atoms with Gasteiger partial charge in [-0.05, 0) is 17.0 Å². The number of aromatic nitrogens is 1. The topological polar surface area (TPSA) is 12.9 Å². The second-order valence-electron chi connectivity index (χ2n) is 3.85. The maximum atomic E-state index is 6.00. The molecule has 0 bridgehead atoms. The zero-order valence-corrected chi connectivity index (χ0v) is 9.93. The largest absolute Gasteiger partial charge is 0.223 e. The molecule has 0 aliphatic rings. The van der Waals surface area contributed by atoms with E-state index in [9.17, 15) is 0 Å². The molecule has 0 N–H and O–H groups in total. The van der Waals surface area contributed by atoms with Crippen LogP contribution in [0.25, 0.3) is 0 Å². The molecule has 0 fully saturated rings. The van der Waals surface area contributed by atoms with Gasteiger partial charge in [0.05, 0.1) is 5.02 Å². The third-order valence-corrected chi connectivity index (χ3v) is 2.64. The van der Waals surface area contributed by atoms with Crippen molar-refractivity contribution in [2.75, 3.05) is 0 Å². The molecule has 1 aromatic heterocycles. The van der Waals surface area contributed by atoms with Crippen LogP contribution in [0.3, 0.4) is 0 Å². The Morgan fingerprint density at radius 3 is 2.15 bits per heavy atom. The molecule has 0 aliphatic carbocycles. The van der Waals surface area contributed by atoms with Gasteiger partial charge in [-0.1, -0.05) is 55.6 Å². The van der Waals surface area contributed by atoms with Crippen LogP contribution in [0.2, 0.25) is 15.3 Å². The highest BCUT2D eigenvalue weighted by atomic mass is 35.5. The third kappa shape index (κ3) is 2.49. The minimum atomic E-state index is -0.0761. The second-order valence-corrected chi connectivity index (χ2v) is 4.97. The van der Waals surface area contributed by atoms with Gasteiger partial charge in [0, 0.05) is 0 Å². The number of nitrogens with zero attached hydrogens (tertiary/aromatic N) is 1. The Hall–Kier alpha value is 0.0200. The molecule has 1 rings (SSSR count). The van der Waals surface area contributed by atoms with Crippen molar-refractivity contribution in [3.05, 3.63) is 27.0 Å². The fourth-order valence-electron chi connectivity index (χ4n) is 1.01. The summed E-state index contributed by atoms with van der Waals surface area (Å²) in [6.45, 7) is 6.13. The number of pyridine rings is 1. The Morgan fingerprint density at radius 2 is 1.69 bits per heavy atom. The van der Waals surface area contributed by atoms with E-state index in [2.05, 4.69) is 4.98 Å². The van der Waals surface area contributed by atoms with Crippen molar-refractivity contribution in [2.45, 2.75) is 26.2 Å². The van der Waals surface area contributed by atoms with Crippen LogP contribution < -0.4 is 0 Å². The van der Waals surface area contributed by atoms with E-state index in [0.717, 1.165) is 5.56 Å². The molecule has 1 nitrogen and oxygen atoms in total. The molecule has 1 aromatic rings. The molecule has 13 heavy (non-hydrogen) atoms. The Labute approximate surface area is 93.0 Å². The minimum absolute atomic E-state index is 0.0761. The van der Waals surface area contributed by atoms with Gasteiger partial charge < -0.3 is 0 Å². The maximum Gasteiger partial charge on any atom is 0.149 e. The SMILES string of the molecule is CC(C)(C)c1cc(Cl)nc(Cl)c1Cl. The zero-order chi connectivity index (χ0) is 10.2. The first-order valence-electron chi connectivity index (χ1n) is 3.84. The van der Waals surface area contributed by atoms with E-state index in [4.69, 9.17) is 34.8 Å². The molecular weight excluding hydrogens is 228 g/mol. The zero-order valence-electron chi connectivity index (χ0n) is 7.66. The number of hydrogen-bond donors (Lipinski definition) is 0. The lowest BCUT2D eigenvalue weighted by Gasteiger charge is -2.20. The molecule has 0 aliphatic heterocycles. The van der Waals surface area contributed by atoms with Crippen LogP contribution in [0.4, 0.5) is 0 Å². The van der Waals surface area contributed by atoms with Gasteiger partial charge in [0.15, 0.2) is 0 Å². The molecule has 0 unspecified atom stereocenters. The Balaban J connectivity index is 3.37. The van der Waals surface area contributed by atoms with Gasteiger partial charge in [-0.15, -0.1) is 0 Å². The number of hydrogen-bond acceptors (Lipinski definition) is 1. The molecule has 1 heterocycles. The van der Waals surface area contributed by atoms with Gasteiger partial charge in [0.2, 0.25) is 0 Å². The van der Waals surface area contributed by atoms with Crippen LogP contribution in [-0.4, -0.2) is 4.98 Å². The summed E-state index contributed by atoms with van der Waals surface area (Å²) in [4.78, 5) is 3.85. The molecule has 0 spiro atoms. The summed E-state index contributed by atoms with van der Waals surface area (Å²) in [5.41, 5.74) is 0.840. The van der Waals surface area contributed by atoms with Gasteiger partial charge >= 0.3 is 0 Å². The van der Waals surface area contributed by atoms with Crippen molar-refractivity contribution < 1.29 is 0 Å². The highest BCUT2D eigenvalue weighted by Crippen LogP contribution is 2.34. The Bertz CT molecular complexity index is 328. The molecule has 4 heteroatoms. The monoisotopic (exact) mass is 237 g/mol. The summed E-state index contributed by atoms with van der Waals surface area (Å²) in [7, 11) is 0. The van der Waals surface area contributed by atoms with E-state index in [1.54, 1.807) is 6.07 Å². The maximum absolute atomic E-state index is 6.00. The number of rotatable bonds is 0. The predicted octanol–water partition coefficient (Wildman–Crippen LogP) is 4.34. The van der Waals surface area contributed by atoms with Gasteiger partial charge in [-0.3, -0.25) is 0 Å². The van der Waals surface area contributed by atoms with Gasteiger partial charge in [-0.25, -0.2) is 4.98 Å². The second kappa shape index (κ2) is 3.64. The lowest BCUT2D eigenvalue weighted by Crippen LogP contribution is -2.12. The van der Waals surface area contributed by atoms with E-state index < -0.39 is 0 Å². The number of halogens is 3. The summed E-state index contributed by atoms with van der Waals surface area (Å²) in [6.07, 6.45) is 0. The van der Waals surface area contributed by atoms with Crippen molar-refractivity contribution in [1.29, 1.82) is 0 Å². The minimum Gasteiger partial charge on any atom is -0.223 e. The summed E-state index contributed by atoms with van der Waals surface area (Å²) in [6, 6.07) is 1.75. The van der Waals surface area contributed by atoms with Crippen molar-refractivity contribution in [2.24, 2.45) is 0 Å². The molecule has 0 saturated heterocycles. The van der Waals surface area contributed by atoms with Crippen LogP contribution in [0.5, 0.6) is 0 Å². The van der Waals surface area contributed by atoms with Crippen molar-refractivity contribution in [1.82, 2.24) is 4.98 Å². The highest BCUT2D eigenvalue weighted by Gasteiger charge is 2.20. The molecule has 0 saturated carbocycles. The van der Waals surface area contributed by atoms with Crippen LogP contribution in [0.15, 0.2) is 6.07 Å². The fourth-order valence-corrected chi connectivity index (χ4v) is 1.82. The van der Waals surface area contributed by atoms with E-state index >= 15 is 0 Å². The molecular formula is C9H10Cl3N. The van der Waals surface area contributed by atoms with Crippen LogP contribution in [-0.2, 0) is 5.41 Å². The predicted molar refractivity (Wildman–Crippen MR) is 58.0 cm³/mol. The van der Waals surface area contributed by atoms with Crippen LogP contribution in [0.1, 0.15) is 26.3 Å². The Kier molecular flexibility index (Phi) is 3.11. The highest BCUT2D eigenvalue weighted by molar-refractivity contribution is 6.42. The van der Waals surface area contributed by atoms with E-state index in [1.165, 1.54) is 0 Å². The molecule has 72 valence electrons. The van der Waals surface area contributed by atoms with Crippen molar-refractivity contribution >= 4 is 34.8 Å². The third-order valence-electron chi connectivity index (χ3n) is 1.69. The average molecular weight is 239 g/mol. The van der Waals surface area contributed by atoms with Crippen LogP contribution >= 0.6 is 34.8 Å². The quantitative estimate of drug-likeness (QED) is 0.613. The van der Waals surface area contributed by atoms with E-state index in [1.807, 2.05) is 20.8 Å². The van der Waals surface area contributed by atoms with Gasteiger partial charge in [-0.2, -0.15) is 0 Å². The summed E-state index contributed by atoms with van der Waals surface area (Å²) < 4.78 is 0. The van der Waals surface area contributed by atoms with Gasteiger partial charge in [0.1, 0.15) is 10.3 Å². The normalized spacial score (nSPS) is 11.8. The molecule has 0 amide bonds. The summed E-state index contributed by atoms with van der Waals surface area (Å²) >= 11 is 17.6. The lowest BCUT2D eigenvalue weighted by molar-refractivity contribution is 0.589. The average Bonchev–Trinajstić information content (AvgIpc) is 1.94. The molecule has 0 aromatic carbocycles. The molecule has 0 radical (unpaired) electrons. The lowest BCUT2D eigenvalue weighted by atomic mass is 9.88. The first-order chi connectivity index (χ1) is 5.82. The summed E-state index contributed by atoms with van der Waals surface area (Å²) in [5.74, 6) is 0.